The minimum Gasteiger partial charge on any atom is -0.298 e. The summed E-state index contributed by atoms with van der Waals surface area (Å²) in [5.74, 6) is 0.534. The third-order valence-corrected chi connectivity index (χ3v) is 5.09. The summed E-state index contributed by atoms with van der Waals surface area (Å²) >= 11 is 2.00. The van der Waals surface area contributed by atoms with E-state index in [0.29, 0.717) is 11.0 Å². The lowest BCUT2D eigenvalue weighted by molar-refractivity contribution is -0.119. The molecule has 80 valence electrons. The first-order valence-electron chi connectivity index (χ1n) is 6.04. The van der Waals surface area contributed by atoms with Gasteiger partial charge in [-0.15, -0.1) is 11.8 Å². The summed E-state index contributed by atoms with van der Waals surface area (Å²) in [6.07, 6.45) is 11.3. The van der Waals surface area contributed by atoms with Crippen LogP contribution in [0.5, 0.6) is 0 Å². The van der Waals surface area contributed by atoms with Crippen LogP contribution in [0.4, 0.5) is 0 Å². The minimum absolute atomic E-state index is 0.367. The van der Waals surface area contributed by atoms with Crippen LogP contribution >= 0.6 is 11.8 Å². The summed E-state index contributed by atoms with van der Waals surface area (Å²) in [7, 11) is 0. The number of ketones is 1. The smallest absolute Gasteiger partial charge is 0.145 e. The number of thioether (sulfide) groups is 1. The molecule has 2 aliphatic carbocycles. The average molecular weight is 212 g/mol. The van der Waals surface area contributed by atoms with Gasteiger partial charge in [0.1, 0.15) is 5.78 Å². The van der Waals surface area contributed by atoms with Crippen LogP contribution in [0.25, 0.3) is 0 Å². The van der Waals surface area contributed by atoms with Crippen LogP contribution < -0.4 is 0 Å². The van der Waals surface area contributed by atoms with E-state index in [1.54, 1.807) is 0 Å². The maximum absolute atomic E-state index is 11.6. The maximum Gasteiger partial charge on any atom is 0.145 e. The summed E-state index contributed by atoms with van der Waals surface area (Å²) in [4.78, 5) is 11.6. The summed E-state index contributed by atoms with van der Waals surface area (Å²) < 4.78 is 0. The molecule has 0 heterocycles. The summed E-state index contributed by atoms with van der Waals surface area (Å²) in [6.45, 7) is 0. The molecule has 0 aliphatic heterocycles. The second-order valence-corrected chi connectivity index (χ2v) is 6.10. The van der Waals surface area contributed by atoms with E-state index >= 15 is 0 Å². The Hall–Kier alpha value is 0.0200. The molecule has 0 N–H and O–H groups in total. The lowest BCUT2D eigenvalue weighted by atomic mass is 9.99. The van der Waals surface area contributed by atoms with E-state index in [2.05, 4.69) is 0 Å². The van der Waals surface area contributed by atoms with Gasteiger partial charge in [0.05, 0.1) is 5.25 Å². The standard InChI is InChI=1S/C12H20OS/c13-11-8-4-5-9-12(11)14-10-6-2-1-3-7-10/h10,12H,1-9H2. The maximum atomic E-state index is 11.6. The predicted molar refractivity (Wildman–Crippen MR) is 61.7 cm³/mol. The van der Waals surface area contributed by atoms with Crippen LogP contribution in [-0.2, 0) is 4.79 Å². The highest BCUT2D eigenvalue weighted by atomic mass is 32.2. The highest BCUT2D eigenvalue weighted by Gasteiger charge is 2.26. The van der Waals surface area contributed by atoms with Crippen molar-refractivity contribution in [2.45, 2.75) is 68.3 Å². The quantitative estimate of drug-likeness (QED) is 0.696. The molecule has 2 heteroatoms. The Labute approximate surface area is 91.0 Å². The lowest BCUT2D eigenvalue weighted by Gasteiger charge is -2.27. The van der Waals surface area contributed by atoms with Crippen molar-refractivity contribution in [2.75, 3.05) is 0 Å². The molecular weight excluding hydrogens is 192 g/mol. The van der Waals surface area contributed by atoms with Crippen LogP contribution in [0.15, 0.2) is 0 Å². The number of Topliss-reactive ketones (excluding diaryl/α,β-unsaturated/α-hetero) is 1. The molecule has 2 rings (SSSR count). The average Bonchev–Trinajstić information content (AvgIpc) is 2.23. The van der Waals surface area contributed by atoms with E-state index in [1.165, 1.54) is 38.5 Å². The molecule has 14 heavy (non-hydrogen) atoms. The molecule has 0 bridgehead atoms. The Morgan fingerprint density at radius 2 is 1.64 bits per heavy atom. The minimum atomic E-state index is 0.367. The Morgan fingerprint density at radius 1 is 0.929 bits per heavy atom. The van der Waals surface area contributed by atoms with Crippen molar-refractivity contribution in [3.8, 4) is 0 Å². The van der Waals surface area contributed by atoms with Crippen molar-refractivity contribution < 1.29 is 4.79 Å². The van der Waals surface area contributed by atoms with Crippen molar-refractivity contribution >= 4 is 17.5 Å². The van der Waals surface area contributed by atoms with Crippen molar-refractivity contribution in [1.29, 1.82) is 0 Å². The second-order valence-electron chi connectivity index (χ2n) is 4.60. The van der Waals surface area contributed by atoms with Crippen LogP contribution in [0, 0.1) is 0 Å². The van der Waals surface area contributed by atoms with E-state index in [1.807, 2.05) is 11.8 Å². The van der Waals surface area contributed by atoms with Gasteiger partial charge in [-0.05, 0) is 25.7 Å². The largest absolute Gasteiger partial charge is 0.298 e. The first-order valence-corrected chi connectivity index (χ1v) is 6.99. The van der Waals surface area contributed by atoms with Crippen molar-refractivity contribution in [2.24, 2.45) is 0 Å². The number of rotatable bonds is 2. The van der Waals surface area contributed by atoms with Gasteiger partial charge >= 0.3 is 0 Å². The van der Waals surface area contributed by atoms with Crippen LogP contribution in [0.2, 0.25) is 0 Å². The summed E-state index contributed by atoms with van der Waals surface area (Å²) in [6, 6.07) is 0. The number of hydrogen-bond acceptors (Lipinski definition) is 2. The van der Waals surface area contributed by atoms with Crippen molar-refractivity contribution in [3.05, 3.63) is 0 Å². The Morgan fingerprint density at radius 3 is 2.36 bits per heavy atom. The van der Waals surface area contributed by atoms with Crippen molar-refractivity contribution in [3.63, 3.8) is 0 Å². The molecule has 2 saturated carbocycles. The molecule has 1 atom stereocenters. The SMILES string of the molecule is O=C1CCCCC1SC1CCCCC1. The molecule has 0 aromatic heterocycles. The molecular formula is C12H20OS. The normalized spacial score (nSPS) is 30.6. The molecule has 0 aromatic rings. The predicted octanol–water partition coefficient (Wildman–Crippen LogP) is 3.56. The van der Waals surface area contributed by atoms with E-state index in [4.69, 9.17) is 0 Å². The number of carbonyl (C=O) groups excluding carboxylic acids is 1. The molecule has 0 spiro atoms. The highest BCUT2D eigenvalue weighted by molar-refractivity contribution is 8.01. The molecule has 1 unspecified atom stereocenters. The zero-order valence-corrected chi connectivity index (χ0v) is 9.65. The zero-order valence-electron chi connectivity index (χ0n) is 8.84. The molecule has 0 radical (unpaired) electrons. The fourth-order valence-corrected chi connectivity index (χ4v) is 4.17. The fourth-order valence-electron chi connectivity index (χ4n) is 2.53. The van der Waals surface area contributed by atoms with Gasteiger partial charge in [0.15, 0.2) is 0 Å². The molecule has 0 amide bonds. The van der Waals surface area contributed by atoms with Gasteiger partial charge in [0, 0.05) is 11.7 Å². The van der Waals surface area contributed by atoms with Gasteiger partial charge in [-0.2, -0.15) is 0 Å². The van der Waals surface area contributed by atoms with Gasteiger partial charge in [-0.25, -0.2) is 0 Å². The topological polar surface area (TPSA) is 17.1 Å². The summed E-state index contributed by atoms with van der Waals surface area (Å²) in [5.41, 5.74) is 0. The van der Waals surface area contributed by atoms with Gasteiger partial charge < -0.3 is 0 Å². The fraction of sp³-hybridized carbons (Fsp3) is 0.917. The summed E-state index contributed by atoms with van der Waals surface area (Å²) in [5, 5.41) is 1.17. The van der Waals surface area contributed by atoms with Crippen LogP contribution in [0.3, 0.4) is 0 Å². The van der Waals surface area contributed by atoms with Crippen molar-refractivity contribution in [1.82, 2.24) is 0 Å². The Balaban J connectivity index is 1.79. The zero-order chi connectivity index (χ0) is 9.80. The Bertz CT molecular complexity index is 196. The second kappa shape index (κ2) is 5.20. The van der Waals surface area contributed by atoms with E-state index in [9.17, 15) is 4.79 Å². The monoisotopic (exact) mass is 212 g/mol. The van der Waals surface area contributed by atoms with E-state index in [0.717, 1.165) is 24.5 Å². The molecule has 0 aromatic carbocycles. The van der Waals surface area contributed by atoms with Crippen LogP contribution in [0.1, 0.15) is 57.8 Å². The molecule has 2 aliphatic rings. The lowest BCUT2D eigenvalue weighted by Crippen LogP contribution is -2.25. The number of hydrogen-bond donors (Lipinski definition) is 0. The number of carbonyl (C=O) groups is 1. The van der Waals surface area contributed by atoms with Gasteiger partial charge in [0.2, 0.25) is 0 Å². The van der Waals surface area contributed by atoms with Crippen LogP contribution in [-0.4, -0.2) is 16.3 Å². The molecule has 1 nitrogen and oxygen atoms in total. The first-order chi connectivity index (χ1) is 6.86. The third-order valence-electron chi connectivity index (χ3n) is 3.41. The van der Waals surface area contributed by atoms with Gasteiger partial charge in [-0.3, -0.25) is 4.79 Å². The molecule has 2 fully saturated rings. The first kappa shape index (κ1) is 10.5. The molecule has 0 saturated heterocycles. The Kier molecular flexibility index (Phi) is 3.91. The van der Waals surface area contributed by atoms with Gasteiger partial charge in [0.25, 0.3) is 0 Å². The highest BCUT2D eigenvalue weighted by Crippen LogP contribution is 2.35. The van der Waals surface area contributed by atoms with E-state index in [-0.39, 0.29) is 0 Å². The van der Waals surface area contributed by atoms with Gasteiger partial charge in [-0.1, -0.05) is 25.7 Å². The third kappa shape index (κ3) is 2.75. The van der Waals surface area contributed by atoms with E-state index < -0.39 is 0 Å².